The van der Waals surface area contributed by atoms with E-state index in [-0.39, 0.29) is 5.97 Å². The number of nitrogens with two attached hydrogens (primary N) is 1. The van der Waals surface area contributed by atoms with Crippen molar-refractivity contribution in [2.24, 2.45) is 5.73 Å². The van der Waals surface area contributed by atoms with Gasteiger partial charge in [0.05, 0.1) is 7.11 Å². The fraction of sp³-hybridized carbons (Fsp3) is 0.160. The highest BCUT2D eigenvalue weighted by atomic mass is 16.5. The molecule has 2 N–H and O–H groups in total. The van der Waals surface area contributed by atoms with Gasteiger partial charge in [0, 0.05) is 12.8 Å². The predicted octanol–water partition coefficient (Wildman–Crippen LogP) is 4.63. The molecule has 138 valence electrons. The van der Waals surface area contributed by atoms with Gasteiger partial charge in [-0.05, 0) is 43.8 Å². The monoisotopic (exact) mass is 367 g/mol. The van der Waals surface area contributed by atoms with Gasteiger partial charge in [0.15, 0.2) is 0 Å². The summed E-state index contributed by atoms with van der Waals surface area (Å²) in [6, 6.07) is 25.2. The van der Waals surface area contributed by atoms with Crippen LogP contribution in [0.4, 0.5) is 0 Å². The van der Waals surface area contributed by atoms with Gasteiger partial charge in [-0.3, -0.25) is 4.79 Å². The Kier molecular flexibility index (Phi) is 3.74. The van der Waals surface area contributed by atoms with Gasteiger partial charge < -0.3 is 10.5 Å². The number of fused-ring (bicyclic) bond motifs is 7. The Bertz CT molecular complexity index is 1150. The Balaban J connectivity index is 1.94. The molecule has 0 saturated heterocycles. The number of rotatable bonds is 1. The molecule has 4 aromatic carbocycles. The van der Waals surface area contributed by atoms with E-state index in [9.17, 15) is 4.79 Å². The van der Waals surface area contributed by atoms with Crippen molar-refractivity contribution in [2.45, 2.75) is 18.4 Å². The van der Waals surface area contributed by atoms with E-state index in [4.69, 9.17) is 10.5 Å². The summed E-state index contributed by atoms with van der Waals surface area (Å²) in [5.74, 6) is -0.368. The second-order valence-corrected chi connectivity index (χ2v) is 7.64. The smallest absolute Gasteiger partial charge is 0.326 e. The van der Waals surface area contributed by atoms with E-state index in [0.29, 0.717) is 12.8 Å². The Morgan fingerprint density at radius 2 is 1.25 bits per heavy atom. The van der Waals surface area contributed by atoms with Gasteiger partial charge in [-0.1, -0.05) is 72.8 Å². The molecule has 0 atom stereocenters. The van der Waals surface area contributed by atoms with Crippen LogP contribution in [0, 0.1) is 0 Å². The lowest BCUT2D eigenvalue weighted by Crippen LogP contribution is -2.52. The molecule has 0 fully saturated rings. The van der Waals surface area contributed by atoms with Crippen LogP contribution in [0.2, 0.25) is 0 Å². The molecule has 0 bridgehead atoms. The molecule has 28 heavy (non-hydrogen) atoms. The van der Waals surface area contributed by atoms with Gasteiger partial charge in [0.25, 0.3) is 0 Å². The topological polar surface area (TPSA) is 52.3 Å². The number of carbonyl (C=O) groups is 1. The van der Waals surface area contributed by atoms with Crippen molar-refractivity contribution in [3.8, 4) is 11.1 Å². The summed E-state index contributed by atoms with van der Waals surface area (Å²) in [7, 11) is 1.41. The van der Waals surface area contributed by atoms with E-state index in [1.807, 2.05) is 0 Å². The van der Waals surface area contributed by atoms with E-state index >= 15 is 0 Å². The number of methoxy groups -OCH3 is 1. The number of carbonyl (C=O) groups excluding carboxylic acids is 1. The van der Waals surface area contributed by atoms with Crippen molar-refractivity contribution >= 4 is 27.5 Å². The zero-order valence-corrected chi connectivity index (χ0v) is 15.7. The SMILES string of the molecule is COC(=O)C1(N)Cc2ccc3ccccc3c2-c2c(ccc3ccccc23)C1. The van der Waals surface area contributed by atoms with E-state index in [1.165, 1.54) is 39.8 Å². The van der Waals surface area contributed by atoms with Crippen LogP contribution in [0.5, 0.6) is 0 Å². The van der Waals surface area contributed by atoms with Crippen molar-refractivity contribution < 1.29 is 9.53 Å². The molecule has 1 aliphatic carbocycles. The van der Waals surface area contributed by atoms with E-state index in [0.717, 1.165) is 11.1 Å². The molecule has 0 unspecified atom stereocenters. The van der Waals surface area contributed by atoms with Gasteiger partial charge in [-0.2, -0.15) is 0 Å². The molecular weight excluding hydrogens is 346 g/mol. The average Bonchev–Trinajstić information content (AvgIpc) is 2.87. The number of ether oxygens (including phenoxy) is 1. The number of hydrogen-bond acceptors (Lipinski definition) is 3. The second-order valence-electron chi connectivity index (χ2n) is 7.64. The van der Waals surface area contributed by atoms with Crippen molar-refractivity contribution in [1.82, 2.24) is 0 Å². The summed E-state index contributed by atoms with van der Waals surface area (Å²) in [6.45, 7) is 0. The quantitative estimate of drug-likeness (QED) is 0.499. The molecule has 0 heterocycles. The molecule has 0 radical (unpaired) electrons. The molecule has 4 aromatic rings. The molecule has 3 nitrogen and oxygen atoms in total. The molecular formula is C25H21NO2. The largest absolute Gasteiger partial charge is 0.468 e. The second kappa shape index (κ2) is 6.18. The van der Waals surface area contributed by atoms with Crippen LogP contribution in [-0.4, -0.2) is 18.6 Å². The standard InChI is InChI=1S/C25H21NO2/c1-28-24(27)25(26)14-18-12-10-16-6-2-4-8-20(16)22(18)23-19(15-25)13-11-17-7-3-5-9-21(17)23/h2-13H,14-15,26H2,1H3. The van der Waals surface area contributed by atoms with E-state index in [1.54, 1.807) is 0 Å². The molecule has 3 heteroatoms. The third-order valence-electron chi connectivity index (χ3n) is 5.88. The van der Waals surface area contributed by atoms with Crippen LogP contribution >= 0.6 is 0 Å². The lowest BCUT2D eigenvalue weighted by atomic mass is 9.87. The van der Waals surface area contributed by atoms with Crippen molar-refractivity contribution in [2.75, 3.05) is 7.11 Å². The highest BCUT2D eigenvalue weighted by Gasteiger charge is 2.39. The maximum absolute atomic E-state index is 12.6. The Morgan fingerprint density at radius 3 is 1.71 bits per heavy atom. The first-order chi connectivity index (χ1) is 13.6. The highest BCUT2D eigenvalue weighted by Crippen LogP contribution is 2.43. The van der Waals surface area contributed by atoms with Gasteiger partial charge in [-0.25, -0.2) is 0 Å². The van der Waals surface area contributed by atoms with E-state index < -0.39 is 5.54 Å². The summed E-state index contributed by atoms with van der Waals surface area (Å²) in [6.07, 6.45) is 0.895. The van der Waals surface area contributed by atoms with Crippen LogP contribution in [0.3, 0.4) is 0 Å². The molecule has 0 aliphatic heterocycles. The van der Waals surface area contributed by atoms with Crippen LogP contribution in [0.1, 0.15) is 11.1 Å². The number of hydrogen-bond donors (Lipinski definition) is 1. The van der Waals surface area contributed by atoms with Gasteiger partial charge >= 0.3 is 5.97 Å². The van der Waals surface area contributed by atoms with Crippen LogP contribution in [0.15, 0.2) is 72.8 Å². The highest BCUT2D eigenvalue weighted by molar-refractivity contribution is 6.08. The van der Waals surface area contributed by atoms with Crippen molar-refractivity contribution in [3.05, 3.63) is 83.9 Å². The number of esters is 1. The summed E-state index contributed by atoms with van der Waals surface area (Å²) in [5, 5.41) is 4.74. The zero-order valence-electron chi connectivity index (χ0n) is 15.7. The summed E-state index contributed by atoms with van der Waals surface area (Å²) >= 11 is 0. The normalized spacial score (nSPS) is 14.9. The van der Waals surface area contributed by atoms with Crippen LogP contribution in [-0.2, 0) is 22.4 Å². The van der Waals surface area contributed by atoms with Crippen LogP contribution in [0.25, 0.3) is 32.7 Å². The third-order valence-corrected chi connectivity index (χ3v) is 5.88. The molecule has 5 rings (SSSR count). The maximum Gasteiger partial charge on any atom is 0.326 e. The van der Waals surface area contributed by atoms with Gasteiger partial charge in [0.2, 0.25) is 0 Å². The first-order valence-electron chi connectivity index (χ1n) is 9.50. The number of benzene rings is 4. The molecule has 1 aliphatic rings. The minimum atomic E-state index is -1.08. The lowest BCUT2D eigenvalue weighted by molar-refractivity contribution is -0.147. The summed E-state index contributed by atoms with van der Waals surface area (Å²) < 4.78 is 5.09. The first kappa shape index (κ1) is 17.0. The minimum Gasteiger partial charge on any atom is -0.468 e. The Morgan fingerprint density at radius 1 is 0.786 bits per heavy atom. The first-order valence-corrected chi connectivity index (χ1v) is 9.50. The van der Waals surface area contributed by atoms with Crippen LogP contribution < -0.4 is 5.73 Å². The van der Waals surface area contributed by atoms with Crippen molar-refractivity contribution in [1.29, 1.82) is 0 Å². The molecule has 0 spiro atoms. The van der Waals surface area contributed by atoms with Gasteiger partial charge in [0.1, 0.15) is 5.54 Å². The molecule has 0 amide bonds. The van der Waals surface area contributed by atoms with E-state index in [2.05, 4.69) is 72.8 Å². The fourth-order valence-corrected chi connectivity index (χ4v) is 4.61. The average molecular weight is 367 g/mol. The maximum atomic E-state index is 12.6. The lowest BCUT2D eigenvalue weighted by Gasteiger charge is -2.25. The minimum absolute atomic E-state index is 0.368. The summed E-state index contributed by atoms with van der Waals surface area (Å²) in [5.41, 5.74) is 10.1. The molecule has 0 saturated carbocycles. The zero-order chi connectivity index (χ0) is 19.3. The predicted molar refractivity (Wildman–Crippen MR) is 113 cm³/mol. The van der Waals surface area contributed by atoms with Gasteiger partial charge in [-0.15, -0.1) is 0 Å². The third kappa shape index (κ3) is 2.44. The summed E-state index contributed by atoms with van der Waals surface area (Å²) in [4.78, 5) is 12.6. The van der Waals surface area contributed by atoms with Crippen molar-refractivity contribution in [3.63, 3.8) is 0 Å². The fourth-order valence-electron chi connectivity index (χ4n) is 4.61. The Labute approximate surface area is 163 Å². The Hall–Kier alpha value is -3.17. The molecule has 0 aromatic heterocycles.